The maximum atomic E-state index is 5.73. The second-order valence-electron chi connectivity index (χ2n) is 6.07. The van der Waals surface area contributed by atoms with Crippen LogP contribution < -0.4 is 5.32 Å². The molecule has 1 fully saturated rings. The van der Waals surface area contributed by atoms with Gasteiger partial charge in [-0.2, -0.15) is 0 Å². The van der Waals surface area contributed by atoms with Crippen LogP contribution in [0, 0.1) is 0 Å². The van der Waals surface area contributed by atoms with Gasteiger partial charge in [0, 0.05) is 30.8 Å². The summed E-state index contributed by atoms with van der Waals surface area (Å²) in [6.07, 6.45) is 5.58. The smallest absolute Gasteiger partial charge is 0.129 e. The van der Waals surface area contributed by atoms with E-state index < -0.39 is 0 Å². The van der Waals surface area contributed by atoms with Crippen molar-refractivity contribution in [2.75, 3.05) is 20.2 Å². The lowest BCUT2D eigenvalue weighted by Crippen LogP contribution is -2.26. The highest BCUT2D eigenvalue weighted by molar-refractivity contribution is 5.12. The van der Waals surface area contributed by atoms with E-state index in [0.717, 1.165) is 25.3 Å². The van der Waals surface area contributed by atoms with Crippen LogP contribution in [0.3, 0.4) is 0 Å². The molecule has 4 heteroatoms. The van der Waals surface area contributed by atoms with Gasteiger partial charge in [-0.3, -0.25) is 0 Å². The first-order valence-electron chi connectivity index (χ1n) is 7.73. The van der Waals surface area contributed by atoms with Gasteiger partial charge in [0.25, 0.3) is 0 Å². The maximum absolute atomic E-state index is 5.73. The fourth-order valence-corrected chi connectivity index (χ4v) is 2.65. The van der Waals surface area contributed by atoms with E-state index >= 15 is 0 Å². The third-order valence-corrected chi connectivity index (χ3v) is 3.93. The predicted octanol–water partition coefficient (Wildman–Crippen LogP) is 2.78. The summed E-state index contributed by atoms with van der Waals surface area (Å²) in [6, 6.07) is 3.28. The Bertz CT molecular complexity index is 390. The molecule has 1 aliphatic heterocycles. The molecule has 0 amide bonds. The van der Waals surface area contributed by atoms with Crippen molar-refractivity contribution < 1.29 is 9.15 Å². The summed E-state index contributed by atoms with van der Waals surface area (Å²) in [5.41, 5.74) is 1.19. The van der Waals surface area contributed by atoms with E-state index in [9.17, 15) is 0 Å². The molecule has 1 aromatic heterocycles. The number of rotatable bonds is 8. The van der Waals surface area contributed by atoms with E-state index in [4.69, 9.17) is 9.15 Å². The standard InChI is InChI=1S/C16H28N2O2/c1-13(2)17-10-14-9-16(20-11-14)12-19-8-6-15-5-4-7-18(15)3/h9,11,13,15,17H,4-8,10,12H2,1-3H3. The summed E-state index contributed by atoms with van der Waals surface area (Å²) in [7, 11) is 2.21. The summed E-state index contributed by atoms with van der Waals surface area (Å²) in [4.78, 5) is 2.44. The number of furan rings is 1. The molecule has 0 aliphatic carbocycles. The molecule has 1 N–H and O–H groups in total. The first-order valence-corrected chi connectivity index (χ1v) is 7.73. The number of hydrogen-bond donors (Lipinski definition) is 1. The first kappa shape index (κ1) is 15.5. The van der Waals surface area contributed by atoms with Gasteiger partial charge in [0.05, 0.1) is 6.26 Å². The lowest BCUT2D eigenvalue weighted by atomic mass is 10.1. The molecule has 2 rings (SSSR count). The van der Waals surface area contributed by atoms with Crippen LogP contribution in [0.25, 0.3) is 0 Å². The fourth-order valence-electron chi connectivity index (χ4n) is 2.65. The van der Waals surface area contributed by atoms with E-state index in [2.05, 4.69) is 37.2 Å². The fraction of sp³-hybridized carbons (Fsp3) is 0.750. The van der Waals surface area contributed by atoms with Gasteiger partial charge in [-0.15, -0.1) is 0 Å². The highest BCUT2D eigenvalue weighted by Crippen LogP contribution is 2.18. The molecule has 1 atom stereocenters. The van der Waals surface area contributed by atoms with E-state index in [-0.39, 0.29) is 0 Å². The molecule has 0 radical (unpaired) electrons. The van der Waals surface area contributed by atoms with Crippen LogP contribution in [0.2, 0.25) is 0 Å². The zero-order valence-corrected chi connectivity index (χ0v) is 13.0. The van der Waals surface area contributed by atoms with Crippen molar-refractivity contribution in [1.29, 1.82) is 0 Å². The Kier molecular flexibility index (Phi) is 6.07. The Labute approximate surface area is 122 Å². The number of nitrogens with one attached hydrogen (secondary N) is 1. The van der Waals surface area contributed by atoms with Gasteiger partial charge in [0.2, 0.25) is 0 Å². The minimum atomic E-state index is 0.494. The number of ether oxygens (including phenoxy) is 1. The highest BCUT2D eigenvalue weighted by atomic mass is 16.5. The lowest BCUT2D eigenvalue weighted by molar-refractivity contribution is 0.0894. The summed E-state index contributed by atoms with van der Waals surface area (Å²) in [5.74, 6) is 0.922. The van der Waals surface area contributed by atoms with Crippen LogP contribution >= 0.6 is 0 Å². The van der Waals surface area contributed by atoms with E-state index in [1.165, 1.54) is 24.9 Å². The molecule has 0 bridgehead atoms. The third-order valence-electron chi connectivity index (χ3n) is 3.93. The van der Waals surface area contributed by atoms with Crippen molar-refractivity contribution in [3.63, 3.8) is 0 Å². The van der Waals surface area contributed by atoms with Crippen molar-refractivity contribution in [3.8, 4) is 0 Å². The van der Waals surface area contributed by atoms with Crippen molar-refractivity contribution in [2.24, 2.45) is 0 Å². The molecule has 0 saturated carbocycles. The molecule has 1 saturated heterocycles. The van der Waals surface area contributed by atoms with Crippen molar-refractivity contribution in [3.05, 3.63) is 23.7 Å². The summed E-state index contributed by atoms with van der Waals surface area (Å²) in [5, 5.41) is 3.38. The van der Waals surface area contributed by atoms with Gasteiger partial charge < -0.3 is 19.4 Å². The molecular formula is C16H28N2O2. The number of hydrogen-bond acceptors (Lipinski definition) is 4. The number of nitrogens with zero attached hydrogens (tertiary/aromatic N) is 1. The third kappa shape index (κ3) is 4.93. The normalized spacial score (nSPS) is 20.1. The first-order chi connectivity index (χ1) is 9.65. The highest BCUT2D eigenvalue weighted by Gasteiger charge is 2.20. The zero-order chi connectivity index (χ0) is 14.4. The maximum Gasteiger partial charge on any atom is 0.129 e. The lowest BCUT2D eigenvalue weighted by Gasteiger charge is -2.18. The molecule has 0 spiro atoms. The molecule has 2 heterocycles. The molecule has 114 valence electrons. The molecular weight excluding hydrogens is 252 g/mol. The van der Waals surface area contributed by atoms with Crippen LogP contribution in [-0.4, -0.2) is 37.2 Å². The molecule has 1 aliphatic rings. The van der Waals surface area contributed by atoms with E-state index in [1.54, 1.807) is 0 Å². The van der Waals surface area contributed by atoms with Gasteiger partial charge in [-0.05, 0) is 38.9 Å². The Hall–Kier alpha value is -0.840. The van der Waals surface area contributed by atoms with Crippen LogP contribution in [0.1, 0.15) is 44.4 Å². The average Bonchev–Trinajstić information content (AvgIpc) is 3.02. The predicted molar refractivity (Wildman–Crippen MR) is 80.6 cm³/mol. The average molecular weight is 280 g/mol. The minimum absolute atomic E-state index is 0.494. The molecule has 1 aromatic rings. The Balaban J connectivity index is 1.61. The van der Waals surface area contributed by atoms with Gasteiger partial charge in [-0.1, -0.05) is 13.8 Å². The monoisotopic (exact) mass is 280 g/mol. The molecule has 1 unspecified atom stereocenters. The van der Waals surface area contributed by atoms with Gasteiger partial charge in [-0.25, -0.2) is 0 Å². The van der Waals surface area contributed by atoms with Crippen LogP contribution in [0.5, 0.6) is 0 Å². The second kappa shape index (κ2) is 7.81. The van der Waals surface area contributed by atoms with Crippen molar-refractivity contribution in [2.45, 2.75) is 58.3 Å². The SMILES string of the molecule is CC(C)NCc1coc(COCCC2CCCN2C)c1. The topological polar surface area (TPSA) is 37.6 Å². The van der Waals surface area contributed by atoms with Crippen molar-refractivity contribution in [1.82, 2.24) is 10.2 Å². The largest absolute Gasteiger partial charge is 0.467 e. The van der Waals surface area contributed by atoms with E-state index in [1.807, 2.05) is 6.26 Å². The van der Waals surface area contributed by atoms with Crippen LogP contribution in [0.4, 0.5) is 0 Å². The summed E-state index contributed by atoms with van der Waals surface area (Å²) in [6.45, 7) is 7.77. The summed E-state index contributed by atoms with van der Waals surface area (Å²) < 4.78 is 11.2. The van der Waals surface area contributed by atoms with Gasteiger partial charge in [0.15, 0.2) is 0 Å². The summed E-state index contributed by atoms with van der Waals surface area (Å²) >= 11 is 0. The molecule has 4 nitrogen and oxygen atoms in total. The van der Waals surface area contributed by atoms with Gasteiger partial charge in [0.1, 0.15) is 12.4 Å². The number of likely N-dealkylation sites (tertiary alicyclic amines) is 1. The second-order valence-corrected chi connectivity index (χ2v) is 6.07. The quantitative estimate of drug-likeness (QED) is 0.743. The molecule has 20 heavy (non-hydrogen) atoms. The van der Waals surface area contributed by atoms with Gasteiger partial charge >= 0.3 is 0 Å². The van der Waals surface area contributed by atoms with Crippen LogP contribution in [0.15, 0.2) is 16.7 Å². The molecule has 0 aromatic carbocycles. The zero-order valence-electron chi connectivity index (χ0n) is 13.0. The Morgan fingerprint density at radius 3 is 3.05 bits per heavy atom. The van der Waals surface area contributed by atoms with Crippen molar-refractivity contribution >= 4 is 0 Å². The Morgan fingerprint density at radius 2 is 2.35 bits per heavy atom. The van der Waals surface area contributed by atoms with Crippen LogP contribution in [-0.2, 0) is 17.9 Å². The Morgan fingerprint density at radius 1 is 1.50 bits per heavy atom. The minimum Gasteiger partial charge on any atom is -0.467 e. The van der Waals surface area contributed by atoms with E-state index in [0.29, 0.717) is 18.7 Å².